The van der Waals surface area contributed by atoms with Crippen LogP contribution in [-0.2, 0) is 16.1 Å². The van der Waals surface area contributed by atoms with E-state index in [4.69, 9.17) is 4.74 Å². The Bertz CT molecular complexity index is 446. The van der Waals surface area contributed by atoms with E-state index in [-0.39, 0.29) is 11.2 Å². The molecule has 2 rings (SSSR count). The van der Waals surface area contributed by atoms with Crippen molar-refractivity contribution < 1.29 is 9.53 Å². The van der Waals surface area contributed by atoms with Crippen LogP contribution in [0.4, 0.5) is 0 Å². The molecule has 1 aromatic carbocycles. The maximum Gasteiger partial charge on any atom is 0.161 e. The Morgan fingerprint density at radius 2 is 2.00 bits per heavy atom. The Labute approximate surface area is 115 Å². The summed E-state index contributed by atoms with van der Waals surface area (Å²) in [6.07, 6.45) is 5.64. The van der Waals surface area contributed by atoms with Crippen molar-refractivity contribution in [2.45, 2.75) is 33.3 Å². The van der Waals surface area contributed by atoms with Crippen LogP contribution in [0.1, 0.15) is 32.3 Å². The Morgan fingerprint density at radius 1 is 1.26 bits per heavy atom. The SMILES string of the molecule is CC1(C)C(=O)C=CCC1CCOCc1ccccc1. The van der Waals surface area contributed by atoms with Crippen LogP contribution in [0.25, 0.3) is 0 Å². The minimum absolute atomic E-state index is 0.242. The normalized spacial score (nSPS) is 21.6. The molecule has 1 aliphatic carbocycles. The van der Waals surface area contributed by atoms with Gasteiger partial charge in [0.15, 0.2) is 5.78 Å². The standard InChI is InChI=1S/C17H22O2/c1-17(2)15(9-6-10-16(17)18)11-12-19-13-14-7-4-3-5-8-14/h3-8,10,15H,9,11-13H2,1-2H3. The highest BCUT2D eigenvalue weighted by molar-refractivity contribution is 5.95. The first-order chi connectivity index (χ1) is 9.10. The summed E-state index contributed by atoms with van der Waals surface area (Å²) in [5, 5.41) is 0. The summed E-state index contributed by atoms with van der Waals surface area (Å²) in [6.45, 7) is 5.45. The van der Waals surface area contributed by atoms with E-state index < -0.39 is 0 Å². The van der Waals surface area contributed by atoms with Crippen molar-refractivity contribution in [3.8, 4) is 0 Å². The summed E-state index contributed by atoms with van der Waals surface area (Å²) in [7, 11) is 0. The molecular weight excluding hydrogens is 236 g/mol. The van der Waals surface area contributed by atoms with Gasteiger partial charge in [-0.25, -0.2) is 0 Å². The molecule has 1 unspecified atom stereocenters. The monoisotopic (exact) mass is 258 g/mol. The molecule has 0 aromatic heterocycles. The average molecular weight is 258 g/mol. The molecule has 19 heavy (non-hydrogen) atoms. The van der Waals surface area contributed by atoms with Crippen LogP contribution in [0.15, 0.2) is 42.5 Å². The number of hydrogen-bond acceptors (Lipinski definition) is 2. The fraction of sp³-hybridized carbons (Fsp3) is 0.471. The first-order valence-electron chi connectivity index (χ1n) is 6.93. The van der Waals surface area contributed by atoms with Crippen molar-refractivity contribution in [3.63, 3.8) is 0 Å². The van der Waals surface area contributed by atoms with Crippen LogP contribution in [0.3, 0.4) is 0 Å². The van der Waals surface area contributed by atoms with Crippen LogP contribution in [0.2, 0.25) is 0 Å². The van der Waals surface area contributed by atoms with E-state index in [1.807, 2.05) is 38.1 Å². The van der Waals surface area contributed by atoms with E-state index in [9.17, 15) is 4.79 Å². The van der Waals surface area contributed by atoms with E-state index in [2.05, 4.69) is 12.1 Å². The van der Waals surface area contributed by atoms with Crippen molar-refractivity contribution in [2.24, 2.45) is 11.3 Å². The summed E-state index contributed by atoms with van der Waals surface area (Å²) < 4.78 is 5.72. The lowest BCUT2D eigenvalue weighted by Gasteiger charge is -2.34. The molecule has 1 aromatic rings. The Morgan fingerprint density at radius 3 is 2.74 bits per heavy atom. The molecule has 1 aliphatic rings. The molecule has 1 atom stereocenters. The third-order valence-electron chi connectivity index (χ3n) is 4.07. The van der Waals surface area contributed by atoms with Crippen LogP contribution >= 0.6 is 0 Å². The highest BCUT2D eigenvalue weighted by Gasteiger charge is 2.36. The van der Waals surface area contributed by atoms with Gasteiger partial charge in [0, 0.05) is 12.0 Å². The maximum absolute atomic E-state index is 11.9. The summed E-state index contributed by atoms with van der Waals surface area (Å²) >= 11 is 0. The Hall–Kier alpha value is -1.41. The predicted molar refractivity (Wildman–Crippen MR) is 76.8 cm³/mol. The quantitative estimate of drug-likeness (QED) is 0.752. The van der Waals surface area contributed by atoms with E-state index in [1.165, 1.54) is 5.56 Å². The minimum atomic E-state index is -0.245. The van der Waals surface area contributed by atoms with Crippen molar-refractivity contribution in [2.75, 3.05) is 6.61 Å². The zero-order valence-electron chi connectivity index (χ0n) is 11.8. The molecule has 102 valence electrons. The van der Waals surface area contributed by atoms with Crippen molar-refractivity contribution in [1.82, 2.24) is 0 Å². The Kier molecular flexibility index (Phi) is 4.54. The zero-order valence-corrected chi connectivity index (χ0v) is 11.8. The molecule has 0 amide bonds. The fourth-order valence-electron chi connectivity index (χ4n) is 2.52. The minimum Gasteiger partial charge on any atom is -0.377 e. The van der Waals surface area contributed by atoms with Gasteiger partial charge < -0.3 is 4.74 Å². The maximum atomic E-state index is 11.9. The van der Waals surface area contributed by atoms with Gasteiger partial charge in [0.1, 0.15) is 0 Å². The van der Waals surface area contributed by atoms with Crippen LogP contribution in [0.5, 0.6) is 0 Å². The number of ether oxygens (including phenoxy) is 1. The molecule has 0 fully saturated rings. The van der Waals surface area contributed by atoms with Crippen LogP contribution in [0, 0.1) is 11.3 Å². The highest BCUT2D eigenvalue weighted by Crippen LogP contribution is 2.36. The van der Waals surface area contributed by atoms with Gasteiger partial charge in [-0.05, 0) is 30.4 Å². The number of benzene rings is 1. The second-order valence-corrected chi connectivity index (χ2v) is 5.75. The van der Waals surface area contributed by atoms with Gasteiger partial charge in [0.25, 0.3) is 0 Å². The number of hydrogen-bond donors (Lipinski definition) is 0. The third kappa shape index (κ3) is 3.54. The average Bonchev–Trinajstić information content (AvgIpc) is 2.41. The van der Waals surface area contributed by atoms with Gasteiger partial charge in [-0.15, -0.1) is 0 Å². The van der Waals surface area contributed by atoms with E-state index in [1.54, 1.807) is 6.08 Å². The first-order valence-corrected chi connectivity index (χ1v) is 6.93. The summed E-state index contributed by atoms with van der Waals surface area (Å²) in [4.78, 5) is 11.9. The topological polar surface area (TPSA) is 26.3 Å². The van der Waals surface area contributed by atoms with Gasteiger partial charge in [0.2, 0.25) is 0 Å². The third-order valence-corrected chi connectivity index (χ3v) is 4.07. The molecule has 2 nitrogen and oxygen atoms in total. The van der Waals surface area contributed by atoms with Crippen molar-refractivity contribution in [3.05, 3.63) is 48.0 Å². The van der Waals surface area contributed by atoms with Gasteiger partial charge in [0.05, 0.1) is 6.61 Å². The zero-order chi connectivity index (χ0) is 13.7. The lowest BCUT2D eigenvalue weighted by molar-refractivity contribution is -0.126. The molecule has 0 bridgehead atoms. The smallest absolute Gasteiger partial charge is 0.161 e. The summed E-state index contributed by atoms with van der Waals surface area (Å²) in [5.74, 6) is 0.632. The Balaban J connectivity index is 1.77. The summed E-state index contributed by atoms with van der Waals surface area (Å²) in [5.41, 5.74) is 0.951. The van der Waals surface area contributed by atoms with Crippen molar-refractivity contribution in [1.29, 1.82) is 0 Å². The van der Waals surface area contributed by atoms with Crippen LogP contribution in [-0.4, -0.2) is 12.4 Å². The second kappa shape index (κ2) is 6.16. The lowest BCUT2D eigenvalue weighted by atomic mass is 9.69. The molecule has 0 aliphatic heterocycles. The number of carbonyl (C=O) groups excluding carboxylic acids is 1. The fourth-order valence-corrected chi connectivity index (χ4v) is 2.52. The number of allylic oxidation sites excluding steroid dienone is 2. The molecular formula is C17H22O2. The molecule has 0 radical (unpaired) electrons. The molecule has 0 saturated carbocycles. The summed E-state index contributed by atoms with van der Waals surface area (Å²) in [6, 6.07) is 10.2. The molecule has 0 heterocycles. The van der Waals surface area contributed by atoms with Crippen molar-refractivity contribution >= 4 is 5.78 Å². The highest BCUT2D eigenvalue weighted by atomic mass is 16.5. The number of ketones is 1. The van der Waals surface area contributed by atoms with E-state index in [0.29, 0.717) is 19.1 Å². The largest absolute Gasteiger partial charge is 0.377 e. The number of rotatable bonds is 5. The van der Waals surface area contributed by atoms with Gasteiger partial charge in [-0.1, -0.05) is 50.3 Å². The number of carbonyl (C=O) groups is 1. The van der Waals surface area contributed by atoms with E-state index in [0.717, 1.165) is 12.8 Å². The molecule has 2 heteroatoms. The molecule has 0 saturated heterocycles. The van der Waals surface area contributed by atoms with Gasteiger partial charge in [-0.2, -0.15) is 0 Å². The second-order valence-electron chi connectivity index (χ2n) is 5.75. The van der Waals surface area contributed by atoms with Crippen LogP contribution < -0.4 is 0 Å². The predicted octanol–water partition coefficient (Wildman–Crippen LogP) is 3.76. The lowest BCUT2D eigenvalue weighted by Crippen LogP contribution is -2.34. The molecule has 0 N–H and O–H groups in total. The van der Waals surface area contributed by atoms with Gasteiger partial charge in [-0.3, -0.25) is 4.79 Å². The van der Waals surface area contributed by atoms with Gasteiger partial charge >= 0.3 is 0 Å². The molecule has 0 spiro atoms. The first kappa shape index (κ1) is 14.0. The van der Waals surface area contributed by atoms with E-state index >= 15 is 0 Å².